The molecule has 5 nitrogen and oxygen atoms in total. The molecule has 0 spiro atoms. The van der Waals surface area contributed by atoms with E-state index in [-0.39, 0.29) is 5.91 Å². The van der Waals surface area contributed by atoms with Gasteiger partial charge in [0.05, 0.1) is 0 Å². The first kappa shape index (κ1) is 15.0. The zero-order valence-electron chi connectivity index (χ0n) is 13.4. The van der Waals surface area contributed by atoms with E-state index < -0.39 is 0 Å². The highest BCUT2D eigenvalue weighted by molar-refractivity contribution is 6.04. The lowest BCUT2D eigenvalue weighted by Crippen LogP contribution is -2.12. The van der Waals surface area contributed by atoms with Gasteiger partial charge in [-0.05, 0) is 50.2 Å². The second kappa shape index (κ2) is 6.04. The van der Waals surface area contributed by atoms with Crippen LogP contribution in [0, 0.1) is 13.8 Å². The van der Waals surface area contributed by atoms with Crippen molar-refractivity contribution in [1.29, 1.82) is 0 Å². The van der Waals surface area contributed by atoms with Gasteiger partial charge in [-0.25, -0.2) is 0 Å². The molecule has 3 rings (SSSR count). The van der Waals surface area contributed by atoms with Crippen LogP contribution in [0.15, 0.2) is 48.8 Å². The Bertz CT molecular complexity index is 829. The average molecular weight is 306 g/mol. The van der Waals surface area contributed by atoms with Gasteiger partial charge in [-0.1, -0.05) is 17.2 Å². The summed E-state index contributed by atoms with van der Waals surface area (Å²) in [6.45, 7) is 3.97. The van der Waals surface area contributed by atoms with E-state index in [1.807, 2.05) is 67.9 Å². The molecule has 1 aromatic heterocycles. The number of hydrogen-bond acceptors (Lipinski definition) is 3. The van der Waals surface area contributed by atoms with Gasteiger partial charge >= 0.3 is 0 Å². The Labute approximate surface area is 135 Å². The van der Waals surface area contributed by atoms with Crippen LogP contribution < -0.4 is 5.32 Å². The van der Waals surface area contributed by atoms with Crippen LogP contribution in [0.1, 0.15) is 21.5 Å². The minimum absolute atomic E-state index is 0.108. The Hall–Kier alpha value is -2.95. The summed E-state index contributed by atoms with van der Waals surface area (Å²) in [6, 6.07) is 13.4. The zero-order chi connectivity index (χ0) is 16.4. The molecule has 0 bridgehead atoms. The lowest BCUT2D eigenvalue weighted by Gasteiger charge is -2.08. The third-order valence-corrected chi connectivity index (χ3v) is 3.60. The van der Waals surface area contributed by atoms with Crippen molar-refractivity contribution in [3.8, 4) is 11.4 Å². The molecule has 0 saturated carbocycles. The maximum absolute atomic E-state index is 12.3. The molecule has 0 radical (unpaired) electrons. The normalized spacial score (nSPS) is 10.6. The molecule has 116 valence electrons. The van der Waals surface area contributed by atoms with Gasteiger partial charge in [-0.3, -0.25) is 4.79 Å². The fourth-order valence-corrected chi connectivity index (χ4v) is 2.56. The number of nitrogens with zero attached hydrogens (tertiary/aromatic N) is 3. The third kappa shape index (κ3) is 3.29. The standard InChI is InChI=1S/C18H18N4O/c1-12-8-13(2)10-15(9-12)18(23)20-16-6-4-14(5-7-16)17-21-19-11-22(17)3/h4-11H,1-3H3,(H,20,23). The molecule has 23 heavy (non-hydrogen) atoms. The molecule has 0 saturated heterocycles. The smallest absolute Gasteiger partial charge is 0.255 e. The first-order chi connectivity index (χ1) is 11.0. The van der Waals surface area contributed by atoms with Crippen LogP contribution in [0.3, 0.4) is 0 Å². The van der Waals surface area contributed by atoms with Gasteiger partial charge in [0.25, 0.3) is 5.91 Å². The quantitative estimate of drug-likeness (QED) is 0.807. The Morgan fingerprint density at radius 3 is 2.26 bits per heavy atom. The summed E-state index contributed by atoms with van der Waals surface area (Å²) in [5, 5.41) is 10.9. The maximum atomic E-state index is 12.3. The van der Waals surface area contributed by atoms with Gasteiger partial charge in [-0.2, -0.15) is 0 Å². The summed E-state index contributed by atoms with van der Waals surface area (Å²) < 4.78 is 1.85. The fourth-order valence-electron chi connectivity index (χ4n) is 2.56. The molecule has 1 amide bonds. The number of carbonyl (C=O) groups excluding carboxylic acids is 1. The molecule has 3 aromatic rings. The lowest BCUT2D eigenvalue weighted by molar-refractivity contribution is 0.102. The van der Waals surface area contributed by atoms with E-state index in [1.54, 1.807) is 6.33 Å². The van der Waals surface area contributed by atoms with Crippen LogP contribution in [-0.4, -0.2) is 20.7 Å². The second-order valence-electron chi connectivity index (χ2n) is 5.67. The van der Waals surface area contributed by atoms with E-state index in [0.29, 0.717) is 5.56 Å². The number of rotatable bonds is 3. The third-order valence-electron chi connectivity index (χ3n) is 3.60. The number of aromatic nitrogens is 3. The van der Waals surface area contributed by atoms with Gasteiger partial charge < -0.3 is 9.88 Å². The highest BCUT2D eigenvalue weighted by Gasteiger charge is 2.08. The monoisotopic (exact) mass is 306 g/mol. The summed E-state index contributed by atoms with van der Waals surface area (Å²) in [5.41, 5.74) is 4.52. The first-order valence-electron chi connectivity index (χ1n) is 7.37. The van der Waals surface area contributed by atoms with E-state index in [0.717, 1.165) is 28.2 Å². The Balaban J connectivity index is 1.78. The van der Waals surface area contributed by atoms with Gasteiger partial charge in [0, 0.05) is 23.9 Å². The van der Waals surface area contributed by atoms with E-state index in [2.05, 4.69) is 15.5 Å². The molecule has 0 fully saturated rings. The Kier molecular flexibility index (Phi) is 3.93. The molecular formula is C18H18N4O. The number of amides is 1. The van der Waals surface area contributed by atoms with E-state index in [1.165, 1.54) is 0 Å². The number of aryl methyl sites for hydroxylation is 3. The maximum Gasteiger partial charge on any atom is 0.255 e. The lowest BCUT2D eigenvalue weighted by atomic mass is 10.1. The summed E-state index contributed by atoms with van der Waals surface area (Å²) in [5.74, 6) is 0.681. The molecule has 0 aliphatic heterocycles. The van der Waals surface area contributed by atoms with E-state index >= 15 is 0 Å². The van der Waals surface area contributed by atoms with Crippen molar-refractivity contribution >= 4 is 11.6 Å². The first-order valence-corrected chi connectivity index (χ1v) is 7.37. The van der Waals surface area contributed by atoms with Crippen molar-refractivity contribution in [2.45, 2.75) is 13.8 Å². The summed E-state index contributed by atoms with van der Waals surface area (Å²) in [7, 11) is 1.89. The van der Waals surface area contributed by atoms with Gasteiger partial charge in [0.1, 0.15) is 6.33 Å². The number of hydrogen-bond donors (Lipinski definition) is 1. The highest BCUT2D eigenvalue weighted by atomic mass is 16.1. The largest absolute Gasteiger partial charge is 0.322 e. The minimum Gasteiger partial charge on any atom is -0.322 e. The zero-order valence-corrected chi connectivity index (χ0v) is 13.4. The number of anilines is 1. The molecule has 0 atom stereocenters. The van der Waals surface area contributed by atoms with Crippen molar-refractivity contribution < 1.29 is 4.79 Å². The predicted octanol–water partition coefficient (Wildman–Crippen LogP) is 3.35. The van der Waals surface area contributed by atoms with Crippen LogP contribution in [0.4, 0.5) is 5.69 Å². The van der Waals surface area contributed by atoms with E-state index in [9.17, 15) is 4.79 Å². The van der Waals surface area contributed by atoms with Crippen LogP contribution in [0.2, 0.25) is 0 Å². The van der Waals surface area contributed by atoms with E-state index in [4.69, 9.17) is 0 Å². The summed E-state index contributed by atoms with van der Waals surface area (Å²) in [4.78, 5) is 12.3. The molecule has 0 aliphatic rings. The van der Waals surface area contributed by atoms with Gasteiger partial charge in [-0.15, -0.1) is 10.2 Å². The second-order valence-corrected chi connectivity index (χ2v) is 5.67. The SMILES string of the molecule is Cc1cc(C)cc(C(=O)Nc2ccc(-c3nncn3C)cc2)c1. The van der Waals surface area contributed by atoms with Crippen LogP contribution in [0.5, 0.6) is 0 Å². The predicted molar refractivity (Wildman–Crippen MR) is 90.3 cm³/mol. The molecule has 2 aromatic carbocycles. The Morgan fingerprint density at radius 2 is 1.70 bits per heavy atom. The highest BCUT2D eigenvalue weighted by Crippen LogP contribution is 2.19. The van der Waals surface area contributed by atoms with Crippen LogP contribution in [0.25, 0.3) is 11.4 Å². The summed E-state index contributed by atoms with van der Waals surface area (Å²) in [6.07, 6.45) is 1.66. The van der Waals surface area contributed by atoms with Crippen molar-refractivity contribution in [1.82, 2.24) is 14.8 Å². The van der Waals surface area contributed by atoms with Crippen molar-refractivity contribution in [3.05, 3.63) is 65.5 Å². The Morgan fingerprint density at radius 1 is 1.04 bits per heavy atom. The molecule has 5 heteroatoms. The summed E-state index contributed by atoms with van der Waals surface area (Å²) >= 11 is 0. The molecule has 0 unspecified atom stereocenters. The average Bonchev–Trinajstić information content (AvgIpc) is 2.93. The number of benzene rings is 2. The van der Waals surface area contributed by atoms with Crippen molar-refractivity contribution in [2.24, 2.45) is 7.05 Å². The van der Waals surface area contributed by atoms with Crippen LogP contribution in [-0.2, 0) is 7.05 Å². The molecule has 0 aliphatic carbocycles. The number of nitrogens with one attached hydrogen (secondary N) is 1. The van der Waals surface area contributed by atoms with Gasteiger partial charge in [0.15, 0.2) is 5.82 Å². The molecule has 1 N–H and O–H groups in total. The van der Waals surface area contributed by atoms with Crippen LogP contribution >= 0.6 is 0 Å². The number of carbonyl (C=O) groups is 1. The van der Waals surface area contributed by atoms with Crippen molar-refractivity contribution in [2.75, 3.05) is 5.32 Å². The molecular weight excluding hydrogens is 288 g/mol. The fraction of sp³-hybridized carbons (Fsp3) is 0.167. The van der Waals surface area contributed by atoms with Gasteiger partial charge in [0.2, 0.25) is 0 Å². The topological polar surface area (TPSA) is 59.8 Å². The minimum atomic E-state index is -0.108. The van der Waals surface area contributed by atoms with Crippen molar-refractivity contribution in [3.63, 3.8) is 0 Å². The molecule has 1 heterocycles.